The van der Waals surface area contributed by atoms with E-state index in [9.17, 15) is 0 Å². The van der Waals surface area contributed by atoms with Gasteiger partial charge in [0.05, 0.1) is 5.69 Å². The molecule has 0 unspecified atom stereocenters. The number of anilines is 1. The van der Waals surface area contributed by atoms with E-state index in [1.165, 1.54) is 12.8 Å². The number of aromatic nitrogens is 1. The monoisotopic (exact) mass is 411 g/mol. The Labute approximate surface area is 168 Å². The molecule has 1 saturated heterocycles. The largest absolute Gasteiger partial charge is 0.356 e. The molecule has 8 heteroatoms. The van der Waals surface area contributed by atoms with Gasteiger partial charge in [-0.1, -0.05) is 29.3 Å². The quantitative estimate of drug-likeness (QED) is 0.557. The van der Waals surface area contributed by atoms with Gasteiger partial charge in [0.1, 0.15) is 0 Å². The van der Waals surface area contributed by atoms with Crippen LogP contribution in [0.4, 0.5) is 5.13 Å². The van der Waals surface area contributed by atoms with Crippen molar-refractivity contribution >= 4 is 45.6 Å². The first-order chi connectivity index (χ1) is 12.7. The van der Waals surface area contributed by atoms with E-state index in [0.717, 1.165) is 48.4 Å². The van der Waals surface area contributed by atoms with Crippen LogP contribution in [0, 0.1) is 0 Å². The lowest BCUT2D eigenvalue weighted by Gasteiger charge is -2.13. The van der Waals surface area contributed by atoms with Crippen molar-refractivity contribution in [1.82, 2.24) is 15.6 Å². The van der Waals surface area contributed by atoms with Crippen LogP contribution in [0.25, 0.3) is 0 Å². The van der Waals surface area contributed by atoms with Crippen molar-refractivity contribution in [3.05, 3.63) is 44.9 Å². The van der Waals surface area contributed by atoms with Crippen molar-refractivity contribution in [3.63, 3.8) is 0 Å². The summed E-state index contributed by atoms with van der Waals surface area (Å²) < 4.78 is 0. The van der Waals surface area contributed by atoms with Crippen LogP contribution in [-0.4, -0.2) is 37.6 Å². The summed E-state index contributed by atoms with van der Waals surface area (Å²) in [5.74, 6) is 0.742. The van der Waals surface area contributed by atoms with Crippen LogP contribution in [0.1, 0.15) is 24.1 Å². The summed E-state index contributed by atoms with van der Waals surface area (Å²) in [6.07, 6.45) is 3.42. The zero-order chi connectivity index (χ0) is 18.4. The fourth-order valence-electron chi connectivity index (χ4n) is 2.84. The molecule has 0 spiro atoms. The van der Waals surface area contributed by atoms with E-state index in [2.05, 4.69) is 25.9 Å². The van der Waals surface area contributed by atoms with Crippen LogP contribution < -0.4 is 15.5 Å². The van der Waals surface area contributed by atoms with Crippen molar-refractivity contribution < 1.29 is 0 Å². The molecular weight excluding hydrogens is 389 g/mol. The average Bonchev–Trinajstić information content (AvgIpc) is 3.30. The maximum Gasteiger partial charge on any atom is 0.191 e. The molecule has 1 aliphatic heterocycles. The average molecular weight is 412 g/mol. The first-order valence-corrected chi connectivity index (χ1v) is 10.4. The maximum absolute atomic E-state index is 6.20. The van der Waals surface area contributed by atoms with Gasteiger partial charge < -0.3 is 15.5 Å². The van der Waals surface area contributed by atoms with Crippen molar-refractivity contribution in [2.24, 2.45) is 4.99 Å². The number of nitrogens with zero attached hydrogens (tertiary/aromatic N) is 3. The highest BCUT2D eigenvalue weighted by molar-refractivity contribution is 7.13. The third-order valence-corrected chi connectivity index (χ3v) is 5.81. The van der Waals surface area contributed by atoms with E-state index in [4.69, 9.17) is 28.2 Å². The summed E-state index contributed by atoms with van der Waals surface area (Å²) in [6.45, 7) is 3.63. The van der Waals surface area contributed by atoms with Gasteiger partial charge in [-0.05, 0) is 30.5 Å². The Morgan fingerprint density at radius 3 is 2.81 bits per heavy atom. The smallest absolute Gasteiger partial charge is 0.191 e. The fourth-order valence-corrected chi connectivity index (χ4v) is 4.23. The molecular formula is C18H23Cl2N5S. The SMILES string of the molecule is CN=C(NCCc1csc(N2CCCC2)n1)NCc1ccc(Cl)cc1Cl. The highest BCUT2D eigenvalue weighted by atomic mass is 35.5. The molecule has 1 aromatic carbocycles. The molecule has 0 bridgehead atoms. The van der Waals surface area contributed by atoms with Gasteiger partial charge in [-0.3, -0.25) is 4.99 Å². The minimum atomic E-state index is 0.589. The van der Waals surface area contributed by atoms with Gasteiger partial charge in [-0.25, -0.2) is 4.98 Å². The normalized spacial score (nSPS) is 14.7. The van der Waals surface area contributed by atoms with Crippen LogP contribution in [-0.2, 0) is 13.0 Å². The van der Waals surface area contributed by atoms with Crippen molar-refractivity contribution in [2.75, 3.05) is 31.6 Å². The van der Waals surface area contributed by atoms with E-state index < -0.39 is 0 Å². The van der Waals surface area contributed by atoms with Crippen molar-refractivity contribution in [2.45, 2.75) is 25.8 Å². The van der Waals surface area contributed by atoms with E-state index >= 15 is 0 Å². The molecule has 2 aromatic rings. The van der Waals surface area contributed by atoms with Gasteiger partial charge in [0.25, 0.3) is 0 Å². The van der Waals surface area contributed by atoms with Gasteiger partial charge in [0.2, 0.25) is 0 Å². The van der Waals surface area contributed by atoms with Gasteiger partial charge >= 0.3 is 0 Å². The summed E-state index contributed by atoms with van der Waals surface area (Å²) >= 11 is 13.9. The van der Waals surface area contributed by atoms with Gasteiger partial charge in [-0.2, -0.15) is 0 Å². The first-order valence-electron chi connectivity index (χ1n) is 8.73. The highest BCUT2D eigenvalue weighted by Gasteiger charge is 2.15. The summed E-state index contributed by atoms with van der Waals surface area (Å²) in [4.78, 5) is 11.4. The van der Waals surface area contributed by atoms with Crippen molar-refractivity contribution in [1.29, 1.82) is 0 Å². The Bertz CT molecular complexity index is 756. The number of nitrogens with one attached hydrogen (secondary N) is 2. The number of thiazole rings is 1. The summed E-state index contributed by atoms with van der Waals surface area (Å²) in [7, 11) is 1.76. The molecule has 1 aromatic heterocycles. The molecule has 0 amide bonds. The molecule has 5 nitrogen and oxygen atoms in total. The van der Waals surface area contributed by atoms with Crippen LogP contribution in [0.2, 0.25) is 10.0 Å². The lowest BCUT2D eigenvalue weighted by atomic mass is 10.2. The second kappa shape index (κ2) is 9.44. The Morgan fingerprint density at radius 2 is 2.08 bits per heavy atom. The molecule has 0 atom stereocenters. The summed E-state index contributed by atoms with van der Waals surface area (Å²) in [5.41, 5.74) is 2.11. The first kappa shape index (κ1) is 19.3. The van der Waals surface area contributed by atoms with Crippen LogP contribution >= 0.6 is 34.5 Å². The predicted octanol–water partition coefficient (Wildman–Crippen LogP) is 3.96. The summed E-state index contributed by atoms with van der Waals surface area (Å²) in [6, 6.07) is 5.50. The third kappa shape index (κ3) is 5.25. The van der Waals surface area contributed by atoms with E-state index in [1.807, 2.05) is 12.1 Å². The topological polar surface area (TPSA) is 52.6 Å². The minimum Gasteiger partial charge on any atom is -0.356 e. The zero-order valence-electron chi connectivity index (χ0n) is 14.8. The van der Waals surface area contributed by atoms with Gasteiger partial charge in [0.15, 0.2) is 11.1 Å². The molecule has 26 heavy (non-hydrogen) atoms. The van der Waals surface area contributed by atoms with Crippen LogP contribution in [0.3, 0.4) is 0 Å². The Kier molecular flexibility index (Phi) is 7.00. The van der Waals surface area contributed by atoms with E-state index in [0.29, 0.717) is 16.6 Å². The molecule has 0 radical (unpaired) electrons. The molecule has 0 saturated carbocycles. The molecule has 1 fully saturated rings. The Balaban J connectivity index is 1.44. The maximum atomic E-state index is 6.20. The van der Waals surface area contributed by atoms with Crippen LogP contribution in [0.15, 0.2) is 28.6 Å². The highest BCUT2D eigenvalue weighted by Crippen LogP contribution is 2.24. The Morgan fingerprint density at radius 1 is 1.27 bits per heavy atom. The number of hydrogen-bond donors (Lipinski definition) is 2. The van der Waals surface area contributed by atoms with Crippen LogP contribution in [0.5, 0.6) is 0 Å². The van der Waals surface area contributed by atoms with E-state index in [-0.39, 0.29) is 0 Å². The standard InChI is InChI=1S/C18H23Cl2N5S/c1-21-17(23-11-13-4-5-14(19)10-16(13)20)22-7-6-15-12-26-18(24-15)25-8-2-3-9-25/h4-5,10,12H,2-3,6-9,11H2,1H3,(H2,21,22,23). The molecule has 0 aliphatic carbocycles. The minimum absolute atomic E-state index is 0.589. The summed E-state index contributed by atoms with van der Waals surface area (Å²) in [5, 5.41) is 11.2. The molecule has 3 rings (SSSR count). The number of guanidine groups is 1. The van der Waals surface area contributed by atoms with Gasteiger partial charge in [-0.15, -0.1) is 11.3 Å². The predicted molar refractivity (Wildman–Crippen MR) is 112 cm³/mol. The number of hydrogen-bond acceptors (Lipinski definition) is 4. The fraction of sp³-hybridized carbons (Fsp3) is 0.444. The number of halogens is 2. The Hall–Kier alpha value is -1.50. The third-order valence-electron chi connectivity index (χ3n) is 4.27. The van der Waals surface area contributed by atoms with E-state index in [1.54, 1.807) is 24.5 Å². The van der Waals surface area contributed by atoms with Crippen molar-refractivity contribution in [3.8, 4) is 0 Å². The number of rotatable bonds is 6. The molecule has 2 heterocycles. The second-order valence-electron chi connectivity index (χ2n) is 6.15. The zero-order valence-corrected chi connectivity index (χ0v) is 17.1. The number of benzene rings is 1. The lowest BCUT2D eigenvalue weighted by Crippen LogP contribution is -2.37. The lowest BCUT2D eigenvalue weighted by molar-refractivity contribution is 0.785. The van der Waals surface area contributed by atoms with Gasteiger partial charge in [0, 0.05) is 55.1 Å². The molecule has 140 valence electrons. The second-order valence-corrected chi connectivity index (χ2v) is 7.83. The number of aliphatic imine (C=N–C) groups is 1. The molecule has 1 aliphatic rings. The molecule has 2 N–H and O–H groups in total.